The van der Waals surface area contributed by atoms with Gasteiger partial charge in [0, 0.05) is 25.5 Å². The van der Waals surface area contributed by atoms with Crippen molar-refractivity contribution in [2.24, 2.45) is 0 Å². The molecule has 0 saturated carbocycles. The lowest BCUT2D eigenvalue weighted by Crippen LogP contribution is -2.18. The fraction of sp³-hybridized carbons (Fsp3) is 0.231. The number of nitrogens with zero attached hydrogens (tertiary/aromatic N) is 3. The highest BCUT2D eigenvalue weighted by Gasteiger charge is 2.02. The molecule has 0 radical (unpaired) electrons. The minimum atomic E-state index is 0.793. The first-order valence-electron chi connectivity index (χ1n) is 5.17. The van der Waals surface area contributed by atoms with Gasteiger partial charge in [-0.3, -0.25) is 9.88 Å². The smallest absolute Gasteiger partial charge is 0.0657 e. The van der Waals surface area contributed by atoms with Gasteiger partial charge in [0.05, 0.1) is 11.4 Å². The summed E-state index contributed by atoms with van der Waals surface area (Å²) in [6, 6.07) is 12.5. The molecular weight excluding hydrogens is 198 g/mol. The van der Waals surface area contributed by atoms with Gasteiger partial charge in [0.25, 0.3) is 0 Å². The van der Waals surface area contributed by atoms with Crippen LogP contribution in [0.25, 0.3) is 0 Å². The molecule has 0 spiro atoms. The van der Waals surface area contributed by atoms with Crippen LogP contribution in [0.5, 0.6) is 0 Å². The zero-order chi connectivity index (χ0) is 11.2. The Kier molecular flexibility index (Phi) is 3.47. The van der Waals surface area contributed by atoms with Crippen LogP contribution in [0.15, 0.2) is 36.5 Å². The first-order valence-corrected chi connectivity index (χ1v) is 5.17. The Morgan fingerprint density at radius 2 is 2.06 bits per heavy atom. The molecule has 0 aromatic carbocycles. The van der Waals surface area contributed by atoms with Gasteiger partial charge in [-0.25, -0.2) is 4.98 Å². The summed E-state index contributed by atoms with van der Waals surface area (Å²) in [6.45, 7) is 1.61. The Morgan fingerprint density at radius 1 is 1.19 bits per heavy atom. The number of pyridine rings is 1. The first kappa shape index (κ1) is 10.6. The zero-order valence-electron chi connectivity index (χ0n) is 9.22. The van der Waals surface area contributed by atoms with E-state index in [-0.39, 0.29) is 0 Å². The van der Waals surface area contributed by atoms with E-state index in [4.69, 9.17) is 0 Å². The van der Waals surface area contributed by atoms with Crippen molar-refractivity contribution in [3.8, 4) is 0 Å². The van der Waals surface area contributed by atoms with Gasteiger partial charge in [-0.2, -0.15) is 0 Å². The molecule has 0 bridgehead atoms. The summed E-state index contributed by atoms with van der Waals surface area (Å²) in [5.74, 6) is 0. The lowest BCUT2D eigenvalue weighted by atomic mass is 10.3. The van der Waals surface area contributed by atoms with E-state index in [0.29, 0.717) is 0 Å². The van der Waals surface area contributed by atoms with Crippen LogP contribution in [0, 0.1) is 12.3 Å². The highest BCUT2D eigenvalue weighted by atomic mass is 15.1. The summed E-state index contributed by atoms with van der Waals surface area (Å²) < 4.78 is 0. The molecule has 2 heterocycles. The van der Waals surface area contributed by atoms with Crippen molar-refractivity contribution in [2.45, 2.75) is 13.1 Å². The van der Waals surface area contributed by atoms with Gasteiger partial charge in [-0.05, 0) is 37.4 Å². The number of rotatable bonds is 4. The lowest BCUT2D eigenvalue weighted by Gasteiger charge is -2.14. The molecular formula is C13H13N3. The van der Waals surface area contributed by atoms with Crippen molar-refractivity contribution < 1.29 is 0 Å². The molecule has 0 atom stereocenters. The van der Waals surface area contributed by atoms with E-state index in [2.05, 4.69) is 27.1 Å². The van der Waals surface area contributed by atoms with Gasteiger partial charge in [0.1, 0.15) is 0 Å². The third-order valence-corrected chi connectivity index (χ3v) is 2.21. The lowest BCUT2D eigenvalue weighted by molar-refractivity contribution is 0.311. The Balaban J connectivity index is 1.92. The minimum absolute atomic E-state index is 0.793. The van der Waals surface area contributed by atoms with Crippen LogP contribution >= 0.6 is 0 Å². The van der Waals surface area contributed by atoms with Crippen LogP contribution < -0.4 is 0 Å². The largest absolute Gasteiger partial charge is 0.295 e. The van der Waals surface area contributed by atoms with E-state index < -0.39 is 0 Å². The maximum absolute atomic E-state index is 4.28. The summed E-state index contributed by atoms with van der Waals surface area (Å²) in [4.78, 5) is 10.6. The molecule has 3 nitrogen and oxygen atoms in total. The maximum Gasteiger partial charge on any atom is 0.0657 e. The van der Waals surface area contributed by atoms with E-state index in [1.807, 2.05) is 43.6 Å². The Hall–Kier alpha value is -1.92. The third-order valence-electron chi connectivity index (χ3n) is 2.21. The van der Waals surface area contributed by atoms with Crippen molar-refractivity contribution in [1.29, 1.82) is 0 Å². The maximum atomic E-state index is 4.28. The molecule has 2 aromatic heterocycles. The molecule has 0 unspecified atom stereocenters. The summed E-state index contributed by atoms with van der Waals surface area (Å²) in [6.07, 6.45) is 4.53. The highest BCUT2D eigenvalue weighted by Crippen LogP contribution is 2.02. The fourth-order valence-corrected chi connectivity index (χ4v) is 1.51. The Labute approximate surface area is 95.8 Å². The van der Waals surface area contributed by atoms with Gasteiger partial charge in [-0.15, -0.1) is 0 Å². The van der Waals surface area contributed by atoms with Gasteiger partial charge in [0.15, 0.2) is 0 Å². The van der Waals surface area contributed by atoms with Crippen molar-refractivity contribution in [3.05, 3.63) is 60.2 Å². The van der Waals surface area contributed by atoms with Crippen molar-refractivity contribution in [3.63, 3.8) is 0 Å². The van der Waals surface area contributed by atoms with E-state index in [9.17, 15) is 0 Å². The Bertz CT molecular complexity index is 372. The molecule has 0 saturated heterocycles. The molecule has 0 aliphatic carbocycles. The molecule has 2 rings (SSSR count). The number of hydrogen-bond donors (Lipinski definition) is 0. The van der Waals surface area contributed by atoms with Gasteiger partial charge in [-0.1, -0.05) is 6.07 Å². The quantitative estimate of drug-likeness (QED) is 0.771. The van der Waals surface area contributed by atoms with Crippen LogP contribution in [0.3, 0.4) is 0 Å². The van der Waals surface area contributed by atoms with Gasteiger partial charge < -0.3 is 0 Å². The predicted octanol–water partition coefficient (Wildman–Crippen LogP) is 1.71. The van der Waals surface area contributed by atoms with Crippen LogP contribution in [0.2, 0.25) is 0 Å². The first-order chi connectivity index (χ1) is 7.84. The molecule has 80 valence electrons. The van der Waals surface area contributed by atoms with Crippen LogP contribution in [0.4, 0.5) is 0 Å². The molecule has 2 aromatic rings. The topological polar surface area (TPSA) is 29.0 Å². The molecule has 0 aliphatic heterocycles. The minimum Gasteiger partial charge on any atom is -0.295 e. The average Bonchev–Trinajstić information content (AvgIpc) is 2.31. The summed E-state index contributed by atoms with van der Waals surface area (Å²) in [5.41, 5.74) is 2.06. The van der Waals surface area contributed by atoms with E-state index in [0.717, 1.165) is 24.5 Å². The van der Waals surface area contributed by atoms with E-state index in [1.54, 1.807) is 0 Å². The number of hydrogen-bond acceptors (Lipinski definition) is 3. The second kappa shape index (κ2) is 5.24. The zero-order valence-corrected chi connectivity index (χ0v) is 9.22. The monoisotopic (exact) mass is 211 g/mol. The van der Waals surface area contributed by atoms with Crippen molar-refractivity contribution in [1.82, 2.24) is 14.9 Å². The second-order valence-corrected chi connectivity index (χ2v) is 3.69. The predicted molar refractivity (Wildman–Crippen MR) is 61.3 cm³/mol. The standard InChI is InChI=1S/C13H13N3/c1-16(10-12-6-2-4-8-14-12)11-13-7-3-5-9-15-13/h2-4,6-8H,10-11H2,1H3. The normalized spacial score (nSPS) is 10.1. The van der Waals surface area contributed by atoms with Crippen LogP contribution in [-0.2, 0) is 13.1 Å². The summed E-state index contributed by atoms with van der Waals surface area (Å²) in [7, 11) is 2.05. The summed E-state index contributed by atoms with van der Waals surface area (Å²) >= 11 is 0. The third kappa shape index (κ3) is 3.04. The van der Waals surface area contributed by atoms with Gasteiger partial charge >= 0.3 is 0 Å². The van der Waals surface area contributed by atoms with E-state index >= 15 is 0 Å². The van der Waals surface area contributed by atoms with Crippen LogP contribution in [-0.4, -0.2) is 21.9 Å². The average molecular weight is 211 g/mol. The van der Waals surface area contributed by atoms with Crippen molar-refractivity contribution in [2.75, 3.05) is 7.05 Å². The van der Waals surface area contributed by atoms with E-state index in [1.165, 1.54) is 0 Å². The molecule has 0 N–H and O–H groups in total. The SMILES string of the molecule is CN(Cc1ccc#cn1)Cc1ccccn1. The molecule has 0 amide bonds. The van der Waals surface area contributed by atoms with Crippen molar-refractivity contribution >= 4 is 0 Å². The van der Waals surface area contributed by atoms with Crippen LogP contribution in [0.1, 0.15) is 11.4 Å². The second-order valence-electron chi connectivity index (χ2n) is 3.69. The summed E-state index contributed by atoms with van der Waals surface area (Å²) in [5, 5.41) is 0. The number of aromatic nitrogens is 2. The highest BCUT2D eigenvalue weighted by molar-refractivity contribution is 5.04. The Morgan fingerprint density at radius 3 is 2.75 bits per heavy atom. The fourth-order valence-electron chi connectivity index (χ4n) is 1.51. The molecule has 0 fully saturated rings. The van der Waals surface area contributed by atoms with Gasteiger partial charge in [0.2, 0.25) is 0 Å². The molecule has 3 heteroatoms. The molecule has 16 heavy (non-hydrogen) atoms. The molecule has 0 aliphatic rings.